The van der Waals surface area contributed by atoms with Crippen molar-refractivity contribution in [2.75, 3.05) is 18.5 Å². The van der Waals surface area contributed by atoms with Gasteiger partial charge in [0.2, 0.25) is 0 Å². The second kappa shape index (κ2) is 10.8. The van der Waals surface area contributed by atoms with Gasteiger partial charge < -0.3 is 14.8 Å². The highest BCUT2D eigenvalue weighted by molar-refractivity contribution is 6.12. The average Bonchev–Trinajstić information content (AvgIpc) is 2.80. The lowest BCUT2D eigenvalue weighted by atomic mass is 10.1. The maximum atomic E-state index is 12.8. The molecule has 158 valence electrons. The fourth-order valence-corrected chi connectivity index (χ4v) is 2.99. The first-order chi connectivity index (χ1) is 15.2. The smallest absolute Gasteiger partial charge is 0.266 e. The minimum absolute atomic E-state index is 0.0236. The van der Waals surface area contributed by atoms with Crippen LogP contribution in [0.5, 0.6) is 11.5 Å². The van der Waals surface area contributed by atoms with E-state index in [-0.39, 0.29) is 5.57 Å². The second-order valence-electron chi connectivity index (χ2n) is 6.90. The van der Waals surface area contributed by atoms with E-state index in [0.29, 0.717) is 36.0 Å². The molecule has 1 heterocycles. The number of benzene rings is 2. The lowest BCUT2D eigenvalue weighted by molar-refractivity contribution is -0.112. The van der Waals surface area contributed by atoms with E-state index in [0.717, 1.165) is 23.7 Å². The number of carbonyl (C=O) groups excluding carboxylic acids is 1. The lowest BCUT2D eigenvalue weighted by Crippen LogP contribution is -2.14. The summed E-state index contributed by atoms with van der Waals surface area (Å²) in [5.74, 6) is 0.772. The summed E-state index contributed by atoms with van der Waals surface area (Å²) in [7, 11) is 0. The molecular weight excluding hydrogens is 390 g/mol. The molecule has 0 aliphatic carbocycles. The summed E-state index contributed by atoms with van der Waals surface area (Å²) < 4.78 is 11.5. The van der Waals surface area contributed by atoms with Crippen LogP contribution in [0.25, 0.3) is 17.0 Å². The number of nitrogens with one attached hydrogen (secondary N) is 1. The first-order valence-electron chi connectivity index (χ1n) is 10.3. The number of nitriles is 1. The molecule has 0 spiro atoms. The molecule has 0 unspecified atom stereocenters. The number of hydrogen-bond donors (Lipinski definition) is 1. The quantitative estimate of drug-likeness (QED) is 0.376. The van der Waals surface area contributed by atoms with Crippen LogP contribution in [-0.4, -0.2) is 24.1 Å². The van der Waals surface area contributed by atoms with Gasteiger partial charge in [-0.1, -0.05) is 19.9 Å². The molecule has 1 N–H and O–H groups in total. The van der Waals surface area contributed by atoms with Crippen molar-refractivity contribution in [3.8, 4) is 17.6 Å². The van der Waals surface area contributed by atoms with Gasteiger partial charge in [0.25, 0.3) is 5.91 Å². The predicted molar refractivity (Wildman–Crippen MR) is 122 cm³/mol. The van der Waals surface area contributed by atoms with E-state index in [1.54, 1.807) is 30.5 Å². The van der Waals surface area contributed by atoms with E-state index in [2.05, 4.69) is 10.3 Å². The molecule has 0 saturated carbocycles. The molecule has 31 heavy (non-hydrogen) atoms. The van der Waals surface area contributed by atoms with Crippen LogP contribution in [0, 0.1) is 11.3 Å². The monoisotopic (exact) mass is 415 g/mol. The third-order valence-corrected chi connectivity index (χ3v) is 4.48. The van der Waals surface area contributed by atoms with Gasteiger partial charge in [-0.25, -0.2) is 0 Å². The average molecular weight is 415 g/mol. The molecule has 0 aliphatic rings. The van der Waals surface area contributed by atoms with Crippen LogP contribution in [0.1, 0.15) is 32.3 Å². The van der Waals surface area contributed by atoms with Crippen LogP contribution < -0.4 is 14.8 Å². The number of anilines is 1. The van der Waals surface area contributed by atoms with E-state index < -0.39 is 5.91 Å². The van der Waals surface area contributed by atoms with Crippen LogP contribution >= 0.6 is 0 Å². The Labute approximate surface area is 182 Å². The number of aromatic nitrogens is 1. The van der Waals surface area contributed by atoms with Gasteiger partial charge in [-0.3, -0.25) is 9.78 Å². The highest BCUT2D eigenvalue weighted by Gasteiger charge is 2.14. The predicted octanol–water partition coefficient (Wildman–Crippen LogP) is 5.36. The van der Waals surface area contributed by atoms with Gasteiger partial charge in [0, 0.05) is 23.2 Å². The molecule has 6 nitrogen and oxygen atoms in total. The number of rotatable bonds is 9. The molecule has 3 rings (SSSR count). The fraction of sp³-hybridized carbons (Fsp3) is 0.240. The van der Waals surface area contributed by atoms with Crippen LogP contribution in [0.2, 0.25) is 0 Å². The minimum atomic E-state index is -0.494. The third kappa shape index (κ3) is 5.61. The number of carbonyl (C=O) groups is 1. The number of pyridine rings is 1. The van der Waals surface area contributed by atoms with E-state index in [9.17, 15) is 10.1 Å². The number of fused-ring (bicyclic) bond motifs is 1. The molecule has 0 fully saturated rings. The second-order valence-corrected chi connectivity index (χ2v) is 6.90. The van der Waals surface area contributed by atoms with Crippen molar-refractivity contribution in [1.82, 2.24) is 4.98 Å². The molecule has 3 aromatic rings. The standard InChI is InChI=1S/C25H25N3O3/c1-3-13-30-20-11-10-18(24(16-20)31-14-4-2)15-19(17-26)25(29)28-23-9-5-8-22-21(23)7-6-12-27-22/h5-12,15-16H,3-4,13-14H2,1-2H3,(H,28,29)/b19-15-. The summed E-state index contributed by atoms with van der Waals surface area (Å²) in [4.78, 5) is 17.1. The molecule has 0 atom stereocenters. The summed E-state index contributed by atoms with van der Waals surface area (Å²) >= 11 is 0. The molecule has 2 aromatic carbocycles. The van der Waals surface area contributed by atoms with Crippen molar-refractivity contribution < 1.29 is 14.3 Å². The van der Waals surface area contributed by atoms with Crippen LogP contribution in [0.3, 0.4) is 0 Å². The number of ether oxygens (including phenoxy) is 2. The first-order valence-corrected chi connectivity index (χ1v) is 10.3. The molecular formula is C25H25N3O3. The van der Waals surface area contributed by atoms with Crippen molar-refractivity contribution >= 4 is 28.6 Å². The van der Waals surface area contributed by atoms with Gasteiger partial charge in [0.05, 0.1) is 24.4 Å². The Morgan fingerprint density at radius 2 is 1.90 bits per heavy atom. The number of hydrogen-bond acceptors (Lipinski definition) is 5. The van der Waals surface area contributed by atoms with Crippen molar-refractivity contribution in [2.24, 2.45) is 0 Å². The summed E-state index contributed by atoms with van der Waals surface area (Å²) in [6.07, 6.45) is 4.97. The summed E-state index contributed by atoms with van der Waals surface area (Å²) in [6, 6.07) is 16.5. The van der Waals surface area contributed by atoms with Crippen LogP contribution in [0.4, 0.5) is 5.69 Å². The maximum Gasteiger partial charge on any atom is 0.266 e. The molecule has 0 saturated heterocycles. The summed E-state index contributed by atoms with van der Waals surface area (Å²) in [5, 5.41) is 13.3. The third-order valence-electron chi connectivity index (χ3n) is 4.48. The Morgan fingerprint density at radius 3 is 2.68 bits per heavy atom. The zero-order chi connectivity index (χ0) is 22.1. The normalized spacial score (nSPS) is 11.1. The van der Waals surface area contributed by atoms with E-state index >= 15 is 0 Å². The Hall–Kier alpha value is -3.85. The Bertz CT molecular complexity index is 1130. The van der Waals surface area contributed by atoms with Crippen LogP contribution in [0.15, 0.2) is 60.3 Å². The van der Waals surface area contributed by atoms with E-state index in [4.69, 9.17) is 9.47 Å². The topological polar surface area (TPSA) is 84.2 Å². The van der Waals surface area contributed by atoms with E-state index in [1.807, 2.05) is 44.2 Å². The lowest BCUT2D eigenvalue weighted by Gasteiger charge is -2.12. The highest BCUT2D eigenvalue weighted by atomic mass is 16.5. The van der Waals surface area contributed by atoms with Crippen molar-refractivity contribution in [3.63, 3.8) is 0 Å². The van der Waals surface area contributed by atoms with Crippen molar-refractivity contribution in [1.29, 1.82) is 5.26 Å². The van der Waals surface area contributed by atoms with Crippen molar-refractivity contribution in [3.05, 3.63) is 65.9 Å². The first kappa shape index (κ1) is 21.8. The molecule has 0 radical (unpaired) electrons. The van der Waals surface area contributed by atoms with Gasteiger partial charge in [-0.15, -0.1) is 0 Å². The number of nitrogens with zero attached hydrogens (tertiary/aromatic N) is 2. The van der Waals surface area contributed by atoms with Crippen LogP contribution in [-0.2, 0) is 4.79 Å². The highest BCUT2D eigenvalue weighted by Crippen LogP contribution is 2.28. The summed E-state index contributed by atoms with van der Waals surface area (Å²) in [5.41, 5.74) is 1.98. The number of amides is 1. The molecule has 1 amide bonds. The summed E-state index contributed by atoms with van der Waals surface area (Å²) in [6.45, 7) is 5.18. The zero-order valence-electron chi connectivity index (χ0n) is 17.7. The minimum Gasteiger partial charge on any atom is -0.493 e. The fourth-order valence-electron chi connectivity index (χ4n) is 2.99. The van der Waals surface area contributed by atoms with E-state index in [1.165, 1.54) is 6.08 Å². The Kier molecular flexibility index (Phi) is 7.61. The molecule has 6 heteroatoms. The Morgan fingerprint density at radius 1 is 1.10 bits per heavy atom. The SMILES string of the molecule is CCCOc1ccc(/C=C(/C#N)C(=O)Nc2cccc3ncccc23)c(OCCC)c1. The molecule has 0 aliphatic heterocycles. The van der Waals surface area contributed by atoms with Gasteiger partial charge in [0.15, 0.2) is 0 Å². The maximum absolute atomic E-state index is 12.8. The zero-order valence-corrected chi connectivity index (χ0v) is 17.7. The molecule has 0 bridgehead atoms. The van der Waals surface area contributed by atoms with Gasteiger partial charge >= 0.3 is 0 Å². The van der Waals surface area contributed by atoms with Crippen molar-refractivity contribution in [2.45, 2.75) is 26.7 Å². The molecule has 1 aromatic heterocycles. The van der Waals surface area contributed by atoms with Gasteiger partial charge in [0.1, 0.15) is 23.1 Å². The largest absolute Gasteiger partial charge is 0.493 e. The van der Waals surface area contributed by atoms with Gasteiger partial charge in [-0.2, -0.15) is 5.26 Å². The Balaban J connectivity index is 1.89. The van der Waals surface area contributed by atoms with Gasteiger partial charge in [-0.05, 0) is 55.3 Å².